The van der Waals surface area contributed by atoms with Gasteiger partial charge in [-0.15, -0.1) is 0 Å². The van der Waals surface area contributed by atoms with Crippen molar-refractivity contribution in [1.82, 2.24) is 5.09 Å². The van der Waals surface area contributed by atoms with Crippen molar-refractivity contribution in [2.45, 2.75) is 6.04 Å². The van der Waals surface area contributed by atoms with Crippen LogP contribution < -0.4 is 5.09 Å². The maximum atomic E-state index is 10.1. The molecule has 5 heteroatoms. The van der Waals surface area contributed by atoms with Crippen molar-refractivity contribution >= 4 is 23.8 Å². The zero-order valence-electron chi connectivity index (χ0n) is 5.66. The maximum Gasteiger partial charge on any atom is 0.139 e. The number of aliphatic hydroxyl groups excluding tert-OH is 1. The van der Waals surface area contributed by atoms with E-state index in [-0.39, 0.29) is 20.3 Å². The highest BCUT2D eigenvalue weighted by Gasteiger charge is 2.04. The summed E-state index contributed by atoms with van der Waals surface area (Å²) < 4.78 is 0. The molecular weight excluding hydrogens is 153 g/mol. The fourth-order valence-electron chi connectivity index (χ4n) is 0.446. The van der Waals surface area contributed by atoms with Gasteiger partial charge in [-0.2, -0.15) is 0 Å². The van der Waals surface area contributed by atoms with E-state index in [0.29, 0.717) is 0 Å². The van der Waals surface area contributed by atoms with Crippen molar-refractivity contribution < 1.29 is 9.90 Å². The lowest BCUT2D eigenvalue weighted by Crippen LogP contribution is -2.29. The van der Waals surface area contributed by atoms with Gasteiger partial charge in [0.2, 0.25) is 0 Å². The number of hydrogen-bond acceptors (Lipinski definition) is 3. The Balaban J connectivity index is 3.42. The third kappa shape index (κ3) is 4.72. The second-order valence-corrected chi connectivity index (χ2v) is 8.02. The standard InChI is InChI=1S/C4H12NO2PSi/c1-8(9)5-4(2-6)3-7/h2,4-5,7H,3H2,1,9H3/t4-,8+/m1/s1. The molecule has 0 heterocycles. The molecule has 0 aromatic heterocycles. The summed E-state index contributed by atoms with van der Waals surface area (Å²) in [7, 11) is 0.906. The Morgan fingerprint density at radius 1 is 2.00 bits per heavy atom. The normalized spacial score (nSPS) is 17.1. The minimum atomic E-state index is -0.335. The van der Waals surface area contributed by atoms with Gasteiger partial charge in [-0.3, -0.25) is 5.09 Å². The average Bonchev–Trinajstić information content (AvgIpc) is 1.82. The van der Waals surface area contributed by atoms with Crippen LogP contribution in [0, 0.1) is 0 Å². The van der Waals surface area contributed by atoms with E-state index in [4.69, 9.17) is 5.11 Å². The number of hydrogen-bond donors (Lipinski definition) is 2. The van der Waals surface area contributed by atoms with Crippen LogP contribution in [0.5, 0.6) is 0 Å². The molecule has 0 rings (SSSR count). The molecule has 0 amide bonds. The third-order valence-corrected chi connectivity index (χ3v) is 2.41. The predicted molar refractivity (Wildman–Crippen MR) is 42.9 cm³/mol. The molecule has 0 aliphatic heterocycles. The minimum Gasteiger partial charge on any atom is -0.394 e. The zero-order valence-corrected chi connectivity index (χ0v) is 8.56. The molecule has 0 saturated carbocycles. The highest BCUT2D eigenvalue weighted by atomic mass is 31.4. The van der Waals surface area contributed by atoms with E-state index in [1.54, 1.807) is 0 Å². The summed E-state index contributed by atoms with van der Waals surface area (Å²) in [5.41, 5.74) is 0. The molecule has 54 valence electrons. The highest BCUT2D eigenvalue weighted by Crippen LogP contribution is 2.15. The largest absolute Gasteiger partial charge is 0.394 e. The lowest BCUT2D eigenvalue weighted by molar-refractivity contribution is -0.109. The van der Waals surface area contributed by atoms with Gasteiger partial charge in [0.05, 0.1) is 22.6 Å². The van der Waals surface area contributed by atoms with Gasteiger partial charge in [0.25, 0.3) is 0 Å². The number of aliphatic hydroxyl groups is 1. The van der Waals surface area contributed by atoms with Crippen molar-refractivity contribution in [2.75, 3.05) is 13.3 Å². The van der Waals surface area contributed by atoms with Crippen molar-refractivity contribution in [1.29, 1.82) is 0 Å². The third-order valence-electron chi connectivity index (χ3n) is 0.785. The number of nitrogens with one attached hydrogen (secondary N) is 1. The Morgan fingerprint density at radius 2 is 2.56 bits per heavy atom. The summed E-state index contributed by atoms with van der Waals surface area (Å²) in [4.78, 5) is 10.1. The van der Waals surface area contributed by atoms with Gasteiger partial charge in [-0.1, -0.05) is 7.62 Å². The van der Waals surface area contributed by atoms with Gasteiger partial charge in [-0.25, -0.2) is 0 Å². The second-order valence-electron chi connectivity index (χ2n) is 1.95. The monoisotopic (exact) mass is 165 g/mol. The molecule has 0 unspecified atom stereocenters. The molecule has 2 N–H and O–H groups in total. The van der Waals surface area contributed by atoms with Crippen LogP contribution in [0.2, 0.25) is 0 Å². The van der Waals surface area contributed by atoms with Gasteiger partial charge in [0.1, 0.15) is 6.29 Å². The van der Waals surface area contributed by atoms with Crippen LogP contribution in [0.1, 0.15) is 0 Å². The van der Waals surface area contributed by atoms with Crippen LogP contribution in [0.4, 0.5) is 0 Å². The summed E-state index contributed by atoms with van der Waals surface area (Å²) in [5.74, 6) is 0. The zero-order chi connectivity index (χ0) is 7.28. The first-order valence-corrected chi connectivity index (χ1v) is 7.62. The van der Waals surface area contributed by atoms with Crippen LogP contribution in [0.15, 0.2) is 0 Å². The molecule has 0 aliphatic carbocycles. The van der Waals surface area contributed by atoms with Crippen molar-refractivity contribution in [3.8, 4) is 0 Å². The van der Waals surface area contributed by atoms with E-state index >= 15 is 0 Å². The predicted octanol–water partition coefficient (Wildman–Crippen LogP) is -1.56. The summed E-state index contributed by atoms with van der Waals surface area (Å²) in [6.45, 7) is 1.96. The molecule has 0 aliphatic rings. The topological polar surface area (TPSA) is 49.3 Å². The van der Waals surface area contributed by atoms with Crippen LogP contribution >= 0.6 is 7.62 Å². The van der Waals surface area contributed by atoms with Gasteiger partial charge in [0.15, 0.2) is 0 Å². The van der Waals surface area contributed by atoms with Crippen molar-refractivity contribution in [2.24, 2.45) is 0 Å². The van der Waals surface area contributed by atoms with Gasteiger partial charge in [-0.05, 0) is 6.66 Å². The number of carbonyl (C=O) groups is 1. The Hall–Kier alpha value is 0.237. The molecule has 0 aromatic rings. The Labute approximate surface area is 58.9 Å². The minimum absolute atomic E-state index is 0.0849. The smallest absolute Gasteiger partial charge is 0.139 e. The summed E-state index contributed by atoms with van der Waals surface area (Å²) >= 11 is 0. The molecular formula is C4H12NO2PSi. The van der Waals surface area contributed by atoms with Gasteiger partial charge < -0.3 is 9.90 Å². The summed E-state index contributed by atoms with van der Waals surface area (Å²) in [5, 5.41) is 11.5. The van der Waals surface area contributed by atoms with Gasteiger partial charge >= 0.3 is 0 Å². The van der Waals surface area contributed by atoms with Crippen LogP contribution in [-0.4, -0.2) is 40.6 Å². The van der Waals surface area contributed by atoms with Crippen LogP contribution in [0.25, 0.3) is 0 Å². The quantitative estimate of drug-likeness (QED) is 0.301. The maximum absolute atomic E-state index is 10.1. The SMILES string of the molecule is C[P@]([SiH3])N[C@H](C=O)CO. The fourth-order valence-corrected chi connectivity index (χ4v) is 2.25. The van der Waals surface area contributed by atoms with Crippen LogP contribution in [-0.2, 0) is 4.79 Å². The van der Waals surface area contributed by atoms with E-state index in [2.05, 4.69) is 5.09 Å². The first-order chi connectivity index (χ1) is 4.20. The molecule has 0 spiro atoms. The van der Waals surface area contributed by atoms with Crippen LogP contribution in [0.3, 0.4) is 0 Å². The number of rotatable bonds is 4. The lowest BCUT2D eigenvalue weighted by atomic mass is 10.4. The second kappa shape index (κ2) is 5.06. The van der Waals surface area contributed by atoms with E-state index in [0.717, 1.165) is 16.2 Å². The number of aldehydes is 1. The molecule has 0 saturated heterocycles. The Morgan fingerprint density at radius 3 is 2.67 bits per heavy atom. The van der Waals surface area contributed by atoms with Crippen molar-refractivity contribution in [3.05, 3.63) is 0 Å². The van der Waals surface area contributed by atoms with Gasteiger partial charge in [0, 0.05) is 0 Å². The molecule has 0 aromatic carbocycles. The molecule has 3 nitrogen and oxygen atoms in total. The Bertz CT molecular complexity index is 90.6. The molecule has 9 heavy (non-hydrogen) atoms. The first-order valence-electron chi connectivity index (χ1n) is 2.70. The van der Waals surface area contributed by atoms with E-state index in [1.807, 2.05) is 6.66 Å². The van der Waals surface area contributed by atoms with E-state index < -0.39 is 0 Å². The first kappa shape index (κ1) is 9.24. The molecule has 0 fully saturated rings. The lowest BCUT2D eigenvalue weighted by Gasteiger charge is -2.12. The highest BCUT2D eigenvalue weighted by molar-refractivity contribution is 7.79. The number of carbonyl (C=O) groups excluding carboxylic acids is 1. The molecule has 0 radical (unpaired) electrons. The fraction of sp³-hybridized carbons (Fsp3) is 0.750. The van der Waals surface area contributed by atoms with E-state index in [1.165, 1.54) is 0 Å². The molecule has 0 bridgehead atoms. The van der Waals surface area contributed by atoms with E-state index in [9.17, 15) is 4.79 Å². The Kier molecular flexibility index (Phi) is 5.19. The molecule has 2 atom stereocenters. The summed E-state index contributed by atoms with van der Waals surface area (Å²) in [6, 6.07) is -0.335. The summed E-state index contributed by atoms with van der Waals surface area (Å²) in [6.07, 6.45) is 0.747. The average molecular weight is 165 g/mol. The van der Waals surface area contributed by atoms with Crippen molar-refractivity contribution in [3.63, 3.8) is 0 Å².